The zero-order chi connectivity index (χ0) is 17.4. The van der Waals surface area contributed by atoms with Crippen LogP contribution in [0.25, 0.3) is 0 Å². The number of methoxy groups -OCH3 is 1. The third kappa shape index (κ3) is 6.02. The minimum absolute atomic E-state index is 0.511. The molecule has 0 spiro atoms. The third-order valence-electron chi connectivity index (χ3n) is 3.03. The van der Waals surface area contributed by atoms with Gasteiger partial charge in [-0.25, -0.2) is 4.98 Å². The molecule has 0 unspecified atom stereocenters. The first kappa shape index (κ1) is 19.1. The summed E-state index contributed by atoms with van der Waals surface area (Å²) in [5.41, 5.74) is 1.07. The van der Waals surface area contributed by atoms with Crippen molar-refractivity contribution >= 4 is 58.1 Å². The SMILES string of the molecule is COc1cccnc1NC(=S)NCCSCc1ccc(Cl)cc1Cl. The average Bonchev–Trinajstić information content (AvgIpc) is 2.57. The van der Waals surface area contributed by atoms with Crippen molar-refractivity contribution in [1.82, 2.24) is 10.3 Å². The number of pyridine rings is 1. The Labute approximate surface area is 161 Å². The number of halogens is 2. The van der Waals surface area contributed by atoms with Crippen molar-refractivity contribution in [2.75, 3.05) is 24.7 Å². The molecular formula is C16H17Cl2N3OS2. The maximum Gasteiger partial charge on any atom is 0.174 e. The van der Waals surface area contributed by atoms with Crippen molar-refractivity contribution in [3.63, 3.8) is 0 Å². The summed E-state index contributed by atoms with van der Waals surface area (Å²) in [7, 11) is 1.59. The van der Waals surface area contributed by atoms with E-state index in [0.717, 1.165) is 23.6 Å². The van der Waals surface area contributed by atoms with Crippen LogP contribution in [0.3, 0.4) is 0 Å². The lowest BCUT2D eigenvalue weighted by Crippen LogP contribution is -2.30. The van der Waals surface area contributed by atoms with Crippen LogP contribution in [0.5, 0.6) is 5.75 Å². The first-order valence-electron chi connectivity index (χ1n) is 7.15. The van der Waals surface area contributed by atoms with Gasteiger partial charge in [-0.05, 0) is 42.0 Å². The van der Waals surface area contributed by atoms with Gasteiger partial charge in [-0.15, -0.1) is 0 Å². The van der Waals surface area contributed by atoms with Gasteiger partial charge in [-0.1, -0.05) is 29.3 Å². The Balaban J connectivity index is 1.69. The molecule has 0 saturated heterocycles. The first-order valence-corrected chi connectivity index (χ1v) is 9.47. The molecule has 24 heavy (non-hydrogen) atoms. The van der Waals surface area contributed by atoms with Gasteiger partial charge in [0.25, 0.3) is 0 Å². The Morgan fingerprint density at radius 3 is 2.92 bits per heavy atom. The number of thioether (sulfide) groups is 1. The predicted octanol–water partition coefficient (Wildman–Crippen LogP) is 4.62. The molecule has 2 aromatic rings. The van der Waals surface area contributed by atoms with Crippen molar-refractivity contribution < 1.29 is 4.74 Å². The van der Waals surface area contributed by atoms with Crippen molar-refractivity contribution in [1.29, 1.82) is 0 Å². The van der Waals surface area contributed by atoms with Crippen LogP contribution in [-0.2, 0) is 5.75 Å². The van der Waals surface area contributed by atoms with Gasteiger partial charge in [0.05, 0.1) is 7.11 Å². The van der Waals surface area contributed by atoms with E-state index in [0.29, 0.717) is 26.7 Å². The van der Waals surface area contributed by atoms with E-state index < -0.39 is 0 Å². The molecule has 2 N–H and O–H groups in total. The second kappa shape index (κ2) is 9.93. The molecule has 128 valence electrons. The highest BCUT2D eigenvalue weighted by atomic mass is 35.5. The van der Waals surface area contributed by atoms with Crippen molar-refractivity contribution in [3.8, 4) is 5.75 Å². The summed E-state index contributed by atoms with van der Waals surface area (Å²) in [6.07, 6.45) is 1.68. The minimum atomic E-state index is 0.511. The van der Waals surface area contributed by atoms with Gasteiger partial charge in [-0.2, -0.15) is 11.8 Å². The highest BCUT2D eigenvalue weighted by Gasteiger charge is 2.05. The molecule has 0 aliphatic carbocycles. The molecule has 0 amide bonds. The molecule has 1 aromatic heterocycles. The predicted molar refractivity (Wildman–Crippen MR) is 108 cm³/mol. The summed E-state index contributed by atoms with van der Waals surface area (Å²) >= 11 is 19.1. The van der Waals surface area contributed by atoms with Crippen LogP contribution in [0.1, 0.15) is 5.56 Å². The summed E-state index contributed by atoms with van der Waals surface area (Å²) < 4.78 is 5.22. The zero-order valence-corrected chi connectivity index (χ0v) is 16.2. The molecule has 0 fully saturated rings. The fraction of sp³-hybridized carbons (Fsp3) is 0.250. The molecule has 2 rings (SSSR count). The highest BCUT2D eigenvalue weighted by molar-refractivity contribution is 7.98. The van der Waals surface area contributed by atoms with E-state index in [1.165, 1.54) is 0 Å². The Hall–Kier alpha value is -1.21. The molecule has 0 radical (unpaired) electrons. The van der Waals surface area contributed by atoms with Crippen LogP contribution in [-0.4, -0.2) is 29.5 Å². The normalized spacial score (nSPS) is 10.3. The molecule has 1 heterocycles. The number of nitrogens with zero attached hydrogens (tertiary/aromatic N) is 1. The number of rotatable bonds is 7. The van der Waals surface area contributed by atoms with Crippen LogP contribution in [0.15, 0.2) is 36.5 Å². The minimum Gasteiger partial charge on any atom is -0.493 e. The highest BCUT2D eigenvalue weighted by Crippen LogP contribution is 2.24. The Kier molecular flexibility index (Phi) is 7.91. The van der Waals surface area contributed by atoms with Gasteiger partial charge in [0.15, 0.2) is 16.7 Å². The van der Waals surface area contributed by atoms with Crippen LogP contribution in [0.4, 0.5) is 5.82 Å². The lowest BCUT2D eigenvalue weighted by molar-refractivity contribution is 0.415. The maximum absolute atomic E-state index is 6.15. The van der Waals surface area contributed by atoms with Crippen molar-refractivity contribution in [2.45, 2.75) is 5.75 Å². The molecule has 4 nitrogen and oxygen atoms in total. The van der Waals surface area contributed by atoms with E-state index in [1.807, 2.05) is 18.2 Å². The fourth-order valence-corrected chi connectivity index (χ4v) is 3.47. The van der Waals surface area contributed by atoms with E-state index in [-0.39, 0.29) is 0 Å². The number of hydrogen-bond acceptors (Lipinski definition) is 4. The number of hydrogen-bond donors (Lipinski definition) is 2. The van der Waals surface area contributed by atoms with Gasteiger partial charge < -0.3 is 15.4 Å². The fourth-order valence-electron chi connectivity index (χ4n) is 1.86. The number of aromatic nitrogens is 1. The van der Waals surface area contributed by atoms with Gasteiger partial charge in [0.1, 0.15) is 0 Å². The van der Waals surface area contributed by atoms with Crippen LogP contribution in [0.2, 0.25) is 10.0 Å². The molecule has 0 atom stereocenters. The maximum atomic E-state index is 6.15. The van der Waals surface area contributed by atoms with Gasteiger partial charge >= 0.3 is 0 Å². The van der Waals surface area contributed by atoms with Gasteiger partial charge in [0, 0.05) is 34.3 Å². The van der Waals surface area contributed by atoms with E-state index in [1.54, 1.807) is 37.2 Å². The Morgan fingerprint density at radius 1 is 1.33 bits per heavy atom. The number of ether oxygens (including phenoxy) is 1. The van der Waals surface area contributed by atoms with E-state index in [9.17, 15) is 0 Å². The zero-order valence-electron chi connectivity index (χ0n) is 13.0. The Bertz CT molecular complexity index is 701. The van der Waals surface area contributed by atoms with Crippen molar-refractivity contribution in [3.05, 3.63) is 52.1 Å². The summed E-state index contributed by atoms with van der Waals surface area (Å²) in [4.78, 5) is 4.20. The number of anilines is 1. The molecule has 0 aliphatic rings. The molecule has 8 heteroatoms. The van der Waals surface area contributed by atoms with Crippen LogP contribution < -0.4 is 15.4 Å². The smallest absolute Gasteiger partial charge is 0.174 e. The molecule has 0 bridgehead atoms. The summed E-state index contributed by atoms with van der Waals surface area (Å²) in [6, 6.07) is 9.19. The summed E-state index contributed by atoms with van der Waals surface area (Å²) in [5.74, 6) is 2.96. The van der Waals surface area contributed by atoms with E-state index in [4.69, 9.17) is 40.2 Å². The standard InChI is InChI=1S/C16H17Cl2N3OS2/c1-22-14-3-2-6-19-15(14)21-16(23)20-7-8-24-10-11-4-5-12(17)9-13(11)18/h2-6,9H,7-8,10H2,1H3,(H2,19,20,21,23). The monoisotopic (exact) mass is 401 g/mol. The quantitative estimate of drug-likeness (QED) is 0.521. The lowest BCUT2D eigenvalue weighted by Gasteiger charge is -2.12. The van der Waals surface area contributed by atoms with Gasteiger partial charge in [0.2, 0.25) is 0 Å². The van der Waals surface area contributed by atoms with Crippen molar-refractivity contribution in [2.24, 2.45) is 0 Å². The van der Waals surface area contributed by atoms with Crippen LogP contribution >= 0.6 is 47.2 Å². The average molecular weight is 402 g/mol. The van der Waals surface area contributed by atoms with E-state index in [2.05, 4.69) is 15.6 Å². The largest absolute Gasteiger partial charge is 0.493 e. The molecular weight excluding hydrogens is 385 g/mol. The third-order valence-corrected chi connectivity index (χ3v) is 4.87. The van der Waals surface area contributed by atoms with Gasteiger partial charge in [-0.3, -0.25) is 0 Å². The molecule has 0 aliphatic heterocycles. The number of nitrogens with one attached hydrogen (secondary N) is 2. The van der Waals surface area contributed by atoms with E-state index >= 15 is 0 Å². The van der Waals surface area contributed by atoms with Crippen LogP contribution in [0, 0.1) is 0 Å². The molecule has 0 saturated carbocycles. The second-order valence-corrected chi connectivity index (χ2v) is 7.08. The first-order chi connectivity index (χ1) is 11.6. The lowest BCUT2D eigenvalue weighted by atomic mass is 10.2. The second-order valence-electron chi connectivity index (χ2n) is 4.72. The molecule has 1 aromatic carbocycles. The summed E-state index contributed by atoms with van der Waals surface area (Å²) in [5, 5.41) is 8.02. The topological polar surface area (TPSA) is 46.2 Å². The number of thiocarbonyl (C=S) groups is 1. The Morgan fingerprint density at radius 2 is 2.17 bits per heavy atom. The number of benzene rings is 1. The summed E-state index contributed by atoms with van der Waals surface area (Å²) in [6.45, 7) is 0.733.